The fourth-order valence-corrected chi connectivity index (χ4v) is 14.7. The quantitative estimate of drug-likeness (QED) is 0.0188. The van der Waals surface area contributed by atoms with Crippen LogP contribution >= 0.6 is 34.8 Å². The molecule has 10 atom stereocenters. The molecule has 0 spiro atoms. The lowest BCUT2D eigenvalue weighted by Crippen LogP contribution is -2.70. The SMILES string of the molecule is COC(=O)CCCCCO[C@@H]1O[C@H](COCc2ccccc2)[C@@H](O[C@@H]2O[C@H](CO[Si](c3ccccc3)(c3ccccc3)C(C)(C)C)[C@H](OC(C)=O)[C@H](OC(=O)CCC(C)=O)[C@H]2OC(C)=O)[C@H](OCc2ccccc2)[C@H]1NC(=O)C(Cl)(Cl)Cl. The molecule has 446 valence electrons. The van der Waals surface area contributed by atoms with Gasteiger partial charge in [-0.2, -0.15) is 0 Å². The number of alkyl halides is 3. The third-order valence-electron chi connectivity index (χ3n) is 13.7. The monoisotopic (exact) mass is 1210 g/mol. The summed E-state index contributed by atoms with van der Waals surface area (Å²) in [5.74, 6) is -4.29. The van der Waals surface area contributed by atoms with Crippen LogP contribution in [0.3, 0.4) is 0 Å². The van der Waals surface area contributed by atoms with Gasteiger partial charge in [-0.3, -0.25) is 24.0 Å². The lowest BCUT2D eigenvalue weighted by Gasteiger charge is -2.50. The van der Waals surface area contributed by atoms with Crippen molar-refractivity contribution in [3.05, 3.63) is 132 Å². The van der Waals surface area contributed by atoms with Crippen molar-refractivity contribution in [2.75, 3.05) is 26.9 Å². The van der Waals surface area contributed by atoms with Gasteiger partial charge >= 0.3 is 23.9 Å². The molecule has 4 aromatic carbocycles. The summed E-state index contributed by atoms with van der Waals surface area (Å²) in [5.41, 5.74) is 1.52. The van der Waals surface area contributed by atoms with Gasteiger partial charge in [-0.1, -0.05) is 183 Å². The third-order valence-corrected chi connectivity index (χ3v) is 19.3. The summed E-state index contributed by atoms with van der Waals surface area (Å²) in [6, 6.07) is 36.6. The number of amides is 1. The second-order valence-electron chi connectivity index (χ2n) is 21.0. The van der Waals surface area contributed by atoms with Crippen LogP contribution < -0.4 is 15.7 Å². The van der Waals surface area contributed by atoms with Crippen LogP contribution in [0.4, 0.5) is 0 Å². The summed E-state index contributed by atoms with van der Waals surface area (Å²) in [6.45, 7) is 9.35. The minimum absolute atomic E-state index is 0.0575. The summed E-state index contributed by atoms with van der Waals surface area (Å²) in [5, 5.41) is 4.01. The molecule has 1 amide bonds. The number of esters is 4. The van der Waals surface area contributed by atoms with Gasteiger partial charge in [-0.25, -0.2) is 0 Å². The van der Waals surface area contributed by atoms with Crippen molar-refractivity contribution in [3.8, 4) is 0 Å². The molecule has 0 unspecified atom stereocenters. The Balaban J connectivity index is 1.51. The van der Waals surface area contributed by atoms with Gasteiger partial charge in [-0.05, 0) is 46.3 Å². The average Bonchev–Trinajstić information content (AvgIpc) is 3.48. The molecule has 0 bridgehead atoms. The molecule has 2 aliphatic heterocycles. The predicted molar refractivity (Wildman–Crippen MR) is 306 cm³/mol. The normalized spacial score (nSPS) is 23.0. The molecule has 4 aromatic rings. The van der Waals surface area contributed by atoms with Crippen molar-refractivity contribution in [1.29, 1.82) is 0 Å². The lowest BCUT2D eigenvalue weighted by atomic mass is 9.94. The summed E-state index contributed by atoms with van der Waals surface area (Å²) < 4.78 is 68.6. The number of halogens is 3. The molecule has 0 aliphatic carbocycles. The van der Waals surface area contributed by atoms with Crippen molar-refractivity contribution in [3.63, 3.8) is 0 Å². The zero-order chi connectivity index (χ0) is 59.5. The van der Waals surface area contributed by atoms with E-state index in [1.165, 1.54) is 21.0 Å². The topological polar surface area (TPSA) is 216 Å². The first-order valence-corrected chi connectivity index (χ1v) is 30.2. The van der Waals surface area contributed by atoms with E-state index in [1.807, 2.05) is 121 Å². The number of carbonyl (C=O) groups is 6. The first-order chi connectivity index (χ1) is 39.1. The van der Waals surface area contributed by atoms with Crippen molar-refractivity contribution < 1.29 is 80.6 Å². The third kappa shape index (κ3) is 18.9. The van der Waals surface area contributed by atoms with Crippen molar-refractivity contribution in [2.24, 2.45) is 0 Å². The summed E-state index contributed by atoms with van der Waals surface area (Å²) in [7, 11) is -2.11. The van der Waals surface area contributed by atoms with E-state index in [4.69, 9.17) is 86.6 Å². The Bertz CT molecular complexity index is 2630. The molecule has 2 saturated heterocycles. The van der Waals surface area contributed by atoms with Crippen LogP contribution in [0.5, 0.6) is 0 Å². The van der Waals surface area contributed by atoms with E-state index in [-0.39, 0.29) is 64.0 Å². The number of nitrogens with one attached hydrogen (secondary N) is 1. The number of ketones is 1. The van der Waals surface area contributed by atoms with E-state index in [9.17, 15) is 28.8 Å². The Morgan fingerprint density at radius 2 is 1.10 bits per heavy atom. The Kier molecular flexibility index (Phi) is 25.3. The molecular weight excluding hydrogens is 1140 g/mol. The molecule has 0 radical (unpaired) electrons. The van der Waals surface area contributed by atoms with E-state index in [0.717, 1.165) is 22.9 Å². The highest BCUT2D eigenvalue weighted by atomic mass is 35.6. The number of unbranched alkanes of at least 4 members (excludes halogenated alkanes) is 2. The second kappa shape index (κ2) is 31.6. The molecule has 1 N–H and O–H groups in total. The molecule has 22 heteroatoms. The Morgan fingerprint density at radius 3 is 1.63 bits per heavy atom. The number of carbonyl (C=O) groups excluding carboxylic acids is 6. The smallest absolute Gasteiger partial charge is 0.306 e. The number of ether oxygens (including phenoxy) is 10. The van der Waals surface area contributed by atoms with E-state index < -0.39 is 102 Å². The maximum atomic E-state index is 14.0. The van der Waals surface area contributed by atoms with E-state index >= 15 is 0 Å². The molecule has 2 aliphatic rings. The Labute approximate surface area is 495 Å². The number of methoxy groups -OCH3 is 1. The van der Waals surface area contributed by atoms with Crippen LogP contribution in [0, 0.1) is 0 Å². The highest BCUT2D eigenvalue weighted by Crippen LogP contribution is 2.40. The largest absolute Gasteiger partial charge is 0.469 e. The van der Waals surface area contributed by atoms with Gasteiger partial charge in [0.1, 0.15) is 36.2 Å². The van der Waals surface area contributed by atoms with Gasteiger partial charge in [0.2, 0.25) is 0 Å². The summed E-state index contributed by atoms with van der Waals surface area (Å²) in [4.78, 5) is 78.8. The van der Waals surface area contributed by atoms with E-state index in [0.29, 0.717) is 24.8 Å². The van der Waals surface area contributed by atoms with Crippen molar-refractivity contribution in [2.45, 2.75) is 163 Å². The predicted octanol–water partition coefficient (Wildman–Crippen LogP) is 7.95. The van der Waals surface area contributed by atoms with Crippen LogP contribution in [0.15, 0.2) is 121 Å². The molecule has 2 heterocycles. The Morgan fingerprint density at radius 1 is 0.561 bits per heavy atom. The maximum Gasteiger partial charge on any atom is 0.306 e. The molecular formula is C60H74Cl3NO17Si. The fraction of sp³-hybridized carbons (Fsp3) is 0.500. The number of hydrogen-bond acceptors (Lipinski definition) is 17. The Hall–Kier alpha value is -5.29. The molecule has 0 aromatic heterocycles. The van der Waals surface area contributed by atoms with E-state index in [2.05, 4.69) is 26.1 Å². The average molecular weight is 1220 g/mol. The molecule has 6 rings (SSSR count). The van der Waals surface area contributed by atoms with Gasteiger partial charge in [0.05, 0.1) is 40.0 Å². The first kappa shape index (κ1) is 65.9. The zero-order valence-electron chi connectivity index (χ0n) is 47.2. The summed E-state index contributed by atoms with van der Waals surface area (Å²) in [6.07, 6.45) is -12.2. The van der Waals surface area contributed by atoms with Crippen LogP contribution in [0.1, 0.15) is 91.2 Å². The fourth-order valence-electron chi connectivity index (χ4n) is 9.93. The van der Waals surface area contributed by atoms with Crippen LogP contribution in [0.2, 0.25) is 5.04 Å². The van der Waals surface area contributed by atoms with Crippen molar-refractivity contribution >= 4 is 89.1 Å². The van der Waals surface area contributed by atoms with Gasteiger partial charge in [0, 0.05) is 33.3 Å². The maximum absolute atomic E-state index is 14.0. The number of benzene rings is 4. The van der Waals surface area contributed by atoms with Gasteiger partial charge < -0.3 is 61.9 Å². The van der Waals surface area contributed by atoms with Crippen LogP contribution in [0.25, 0.3) is 0 Å². The minimum Gasteiger partial charge on any atom is -0.469 e. The standard InChI is InChI=1S/C60H74Cl3NO17Si/c1-39(65)32-33-49(69)80-54-52(76-40(2)66)47(38-75-82(59(4,5)6,44-27-17-10-18-28-44)45-29-19-11-20-30-45)79-57(55(54)77-41(3)67)81-51-46(37-72-35-42-23-13-8-14-24-42)78-56(73-34-22-12-21-31-48(68)71-7)50(64-58(70)60(61,62)63)53(51)74-36-43-25-15-9-16-26-43/h8-11,13-20,23-30,46-47,50-57H,12,21-22,31-38H2,1-7H3,(H,64,70)/t46-,47-,50-,51-,52+,53-,54+,55-,56-,57+/m1/s1. The van der Waals surface area contributed by atoms with E-state index in [1.54, 1.807) is 0 Å². The highest BCUT2D eigenvalue weighted by Gasteiger charge is 2.58. The molecule has 18 nitrogen and oxygen atoms in total. The zero-order valence-corrected chi connectivity index (χ0v) is 50.4. The molecule has 0 saturated carbocycles. The number of Topliss-reactive ketones (excluding diaryl/α,β-unsaturated/α-hetero) is 1. The van der Waals surface area contributed by atoms with Gasteiger partial charge in [-0.15, -0.1) is 0 Å². The minimum atomic E-state index is -3.43. The number of hydrogen-bond donors (Lipinski definition) is 1. The van der Waals surface area contributed by atoms with Crippen LogP contribution in [-0.2, 0) is 93.8 Å². The molecule has 2 fully saturated rings. The van der Waals surface area contributed by atoms with Crippen molar-refractivity contribution in [1.82, 2.24) is 5.32 Å². The van der Waals surface area contributed by atoms with Gasteiger partial charge in [0.25, 0.3) is 18.0 Å². The highest BCUT2D eigenvalue weighted by molar-refractivity contribution is 6.99. The molecule has 82 heavy (non-hydrogen) atoms. The summed E-state index contributed by atoms with van der Waals surface area (Å²) >= 11 is 18.8. The lowest BCUT2D eigenvalue weighted by molar-refractivity contribution is -0.353. The second-order valence-corrected chi connectivity index (χ2v) is 27.6. The first-order valence-electron chi connectivity index (χ1n) is 27.2. The van der Waals surface area contributed by atoms with Crippen LogP contribution in [-0.4, -0.2) is 136 Å². The number of rotatable bonds is 28. The van der Waals surface area contributed by atoms with Gasteiger partial charge in [0.15, 0.2) is 30.9 Å².